The first kappa shape index (κ1) is 14.6. The molecule has 22 heavy (non-hydrogen) atoms. The molecule has 2 atom stereocenters. The van der Waals surface area contributed by atoms with Gasteiger partial charge in [-0.1, -0.05) is 18.2 Å². The number of hydrogen-bond acceptors (Lipinski definition) is 3. The molecule has 4 bridgehead atoms. The van der Waals surface area contributed by atoms with Crippen molar-refractivity contribution in [3.05, 3.63) is 54.1 Å². The number of carbonyl (C=O) groups is 1. The van der Waals surface area contributed by atoms with E-state index in [9.17, 15) is 4.79 Å². The first-order valence-electron chi connectivity index (χ1n) is 7.45. The van der Waals surface area contributed by atoms with Crippen LogP contribution in [0.1, 0.15) is 25.5 Å². The minimum atomic E-state index is -0.234. The third-order valence-corrected chi connectivity index (χ3v) is 4.28. The maximum absolute atomic E-state index is 12.4. The lowest BCUT2D eigenvalue weighted by atomic mass is 10.0. The Morgan fingerprint density at radius 1 is 1.00 bits per heavy atom. The van der Waals surface area contributed by atoms with Crippen LogP contribution in [0.3, 0.4) is 0 Å². The lowest BCUT2D eigenvalue weighted by molar-refractivity contribution is -0.121. The van der Waals surface area contributed by atoms with Gasteiger partial charge < -0.3 is 10.1 Å². The van der Waals surface area contributed by atoms with Gasteiger partial charge in [0.25, 0.3) is 0 Å². The van der Waals surface area contributed by atoms with Crippen LogP contribution in [0.15, 0.2) is 48.5 Å². The summed E-state index contributed by atoms with van der Waals surface area (Å²) in [6.07, 6.45) is 0. The van der Waals surface area contributed by atoms with Gasteiger partial charge in [0.1, 0.15) is 11.5 Å². The van der Waals surface area contributed by atoms with Crippen molar-refractivity contribution >= 4 is 11.6 Å². The van der Waals surface area contributed by atoms with Gasteiger partial charge in [0.2, 0.25) is 5.91 Å². The molecule has 1 aliphatic heterocycles. The van der Waals surface area contributed by atoms with E-state index in [1.165, 1.54) is 0 Å². The Hall–Kier alpha value is -2.33. The average molecular weight is 296 g/mol. The molecule has 0 fully saturated rings. The van der Waals surface area contributed by atoms with Gasteiger partial charge in [-0.25, -0.2) is 0 Å². The molecule has 1 aliphatic rings. The van der Waals surface area contributed by atoms with Crippen molar-refractivity contribution in [2.45, 2.75) is 25.9 Å². The van der Waals surface area contributed by atoms with E-state index in [2.05, 4.69) is 23.2 Å². The van der Waals surface area contributed by atoms with Gasteiger partial charge in [-0.2, -0.15) is 0 Å². The molecule has 0 saturated carbocycles. The summed E-state index contributed by atoms with van der Waals surface area (Å²) in [5, 5.41) is 2.95. The molecule has 0 saturated heterocycles. The van der Waals surface area contributed by atoms with E-state index < -0.39 is 0 Å². The van der Waals surface area contributed by atoms with Crippen molar-refractivity contribution in [1.82, 2.24) is 4.90 Å². The molecular weight excluding hydrogens is 276 g/mol. The van der Waals surface area contributed by atoms with E-state index in [4.69, 9.17) is 4.74 Å². The fourth-order valence-electron chi connectivity index (χ4n) is 2.61. The van der Waals surface area contributed by atoms with Crippen LogP contribution in [0.4, 0.5) is 5.69 Å². The molecule has 1 amide bonds. The largest absolute Gasteiger partial charge is 0.457 e. The van der Waals surface area contributed by atoms with Crippen LogP contribution in [-0.4, -0.2) is 23.9 Å². The lowest BCUT2D eigenvalue weighted by Gasteiger charge is -2.30. The second-order valence-corrected chi connectivity index (χ2v) is 5.71. The molecule has 1 heterocycles. The second kappa shape index (κ2) is 5.81. The summed E-state index contributed by atoms with van der Waals surface area (Å²) < 4.78 is 5.91. The predicted octanol–water partition coefficient (Wildman–Crippen LogP) is 3.81. The van der Waals surface area contributed by atoms with Gasteiger partial charge >= 0.3 is 0 Å². The van der Waals surface area contributed by atoms with Crippen molar-refractivity contribution in [2.75, 3.05) is 12.4 Å². The number of hydrogen-bond donors (Lipinski definition) is 1. The van der Waals surface area contributed by atoms with Crippen molar-refractivity contribution in [3.8, 4) is 11.5 Å². The van der Waals surface area contributed by atoms with Gasteiger partial charge in [0, 0.05) is 17.8 Å². The molecule has 2 aromatic carbocycles. The summed E-state index contributed by atoms with van der Waals surface area (Å²) in [5.41, 5.74) is 1.86. The zero-order chi connectivity index (χ0) is 15.7. The molecule has 0 spiro atoms. The van der Waals surface area contributed by atoms with Crippen LogP contribution in [0.25, 0.3) is 0 Å². The molecular formula is C18H20N2O2. The monoisotopic (exact) mass is 296 g/mol. The number of nitrogens with one attached hydrogen (secondary N) is 1. The molecule has 4 nitrogen and oxygen atoms in total. The lowest BCUT2D eigenvalue weighted by Crippen LogP contribution is -2.41. The van der Waals surface area contributed by atoms with Crippen molar-refractivity contribution in [3.63, 3.8) is 0 Å². The Balaban J connectivity index is 2.07. The van der Waals surface area contributed by atoms with Crippen LogP contribution in [-0.2, 0) is 4.79 Å². The summed E-state index contributed by atoms with van der Waals surface area (Å²) in [5.74, 6) is 1.49. The molecule has 0 aliphatic carbocycles. The van der Waals surface area contributed by atoms with Gasteiger partial charge in [-0.05, 0) is 50.7 Å². The van der Waals surface area contributed by atoms with E-state index in [1.54, 1.807) is 0 Å². The van der Waals surface area contributed by atoms with Crippen LogP contribution < -0.4 is 10.1 Å². The van der Waals surface area contributed by atoms with Crippen LogP contribution >= 0.6 is 0 Å². The quantitative estimate of drug-likeness (QED) is 0.803. The number of anilines is 1. The zero-order valence-corrected chi connectivity index (χ0v) is 13.0. The first-order valence-corrected chi connectivity index (χ1v) is 7.45. The van der Waals surface area contributed by atoms with Crippen molar-refractivity contribution in [1.29, 1.82) is 0 Å². The summed E-state index contributed by atoms with van der Waals surface area (Å²) in [6.45, 7) is 4.01. The number of carbonyl (C=O) groups excluding carboxylic acids is 1. The minimum absolute atomic E-state index is 0.0248. The van der Waals surface area contributed by atoms with E-state index in [1.807, 2.05) is 56.4 Å². The Kier molecular flexibility index (Phi) is 3.86. The third-order valence-electron chi connectivity index (χ3n) is 4.28. The van der Waals surface area contributed by atoms with Gasteiger partial charge in [-0.3, -0.25) is 9.69 Å². The SMILES string of the molecule is CC1C(=O)Nc2cccc(c2)Oc2cccc(c2)C(C)N1C. The number of fused-ring (bicyclic) bond motifs is 4. The molecule has 0 radical (unpaired) electrons. The topological polar surface area (TPSA) is 41.6 Å². The number of rotatable bonds is 0. The highest BCUT2D eigenvalue weighted by molar-refractivity contribution is 5.94. The standard InChI is InChI=1S/C18H20N2O2/c1-12-14-6-4-8-16(10-14)22-17-9-5-7-15(11-17)19-18(21)13(2)20(12)3/h4-13H,1-3H3,(H,19,21). The van der Waals surface area contributed by atoms with E-state index >= 15 is 0 Å². The molecule has 2 unspecified atom stereocenters. The van der Waals surface area contributed by atoms with Crippen LogP contribution in [0.2, 0.25) is 0 Å². The predicted molar refractivity (Wildman–Crippen MR) is 87.2 cm³/mol. The molecule has 3 rings (SSSR count). The Labute approximate surface area is 130 Å². The molecule has 114 valence electrons. The van der Waals surface area contributed by atoms with Crippen LogP contribution in [0, 0.1) is 0 Å². The Morgan fingerprint density at radius 3 is 2.45 bits per heavy atom. The molecule has 1 N–H and O–H groups in total. The average Bonchev–Trinajstić information content (AvgIpc) is 2.52. The fourth-order valence-corrected chi connectivity index (χ4v) is 2.61. The number of likely N-dealkylation sites (N-methyl/N-ethyl adjacent to an activating group) is 1. The summed E-state index contributed by atoms with van der Waals surface area (Å²) >= 11 is 0. The maximum Gasteiger partial charge on any atom is 0.241 e. The highest BCUT2D eigenvalue weighted by Crippen LogP contribution is 2.29. The zero-order valence-electron chi connectivity index (χ0n) is 13.0. The number of nitrogens with zero attached hydrogens (tertiary/aromatic N) is 1. The normalized spacial score (nSPS) is 22.0. The highest BCUT2D eigenvalue weighted by Gasteiger charge is 2.24. The molecule has 4 heteroatoms. The van der Waals surface area contributed by atoms with Crippen molar-refractivity contribution in [2.24, 2.45) is 0 Å². The van der Waals surface area contributed by atoms with E-state index in [0.717, 1.165) is 17.0 Å². The Morgan fingerprint density at radius 2 is 1.68 bits per heavy atom. The number of benzene rings is 2. The fraction of sp³-hybridized carbons (Fsp3) is 0.278. The van der Waals surface area contributed by atoms with Gasteiger partial charge in [-0.15, -0.1) is 0 Å². The van der Waals surface area contributed by atoms with Crippen molar-refractivity contribution < 1.29 is 9.53 Å². The Bertz CT molecular complexity index is 699. The highest BCUT2D eigenvalue weighted by atomic mass is 16.5. The smallest absolute Gasteiger partial charge is 0.241 e. The van der Waals surface area contributed by atoms with E-state index in [0.29, 0.717) is 5.75 Å². The number of amides is 1. The summed E-state index contributed by atoms with van der Waals surface area (Å²) in [4.78, 5) is 14.5. The van der Waals surface area contributed by atoms with Gasteiger partial charge in [0.15, 0.2) is 0 Å². The molecule has 2 aromatic rings. The molecule has 0 aromatic heterocycles. The first-order chi connectivity index (χ1) is 10.5. The van der Waals surface area contributed by atoms with E-state index in [-0.39, 0.29) is 18.0 Å². The maximum atomic E-state index is 12.4. The number of ether oxygens (including phenoxy) is 1. The van der Waals surface area contributed by atoms with Gasteiger partial charge in [0.05, 0.1) is 6.04 Å². The summed E-state index contributed by atoms with van der Waals surface area (Å²) in [7, 11) is 1.96. The minimum Gasteiger partial charge on any atom is -0.457 e. The second-order valence-electron chi connectivity index (χ2n) is 5.71. The summed E-state index contributed by atoms with van der Waals surface area (Å²) in [6, 6.07) is 15.3. The third kappa shape index (κ3) is 2.83. The van der Waals surface area contributed by atoms with Crippen LogP contribution in [0.5, 0.6) is 11.5 Å².